The van der Waals surface area contributed by atoms with Crippen molar-refractivity contribution < 1.29 is 29.1 Å². The van der Waals surface area contributed by atoms with Crippen LogP contribution >= 0.6 is 0 Å². The number of carboxylic acid groups (broad SMARTS) is 1. The summed E-state index contributed by atoms with van der Waals surface area (Å²) in [7, 11) is 0. The normalized spacial score (nSPS) is 15.5. The number of carbonyl (C=O) groups is 5. The maximum Gasteiger partial charge on any atom is 0.326 e. The summed E-state index contributed by atoms with van der Waals surface area (Å²) >= 11 is 0. The largest absolute Gasteiger partial charge is 0.480 e. The lowest BCUT2D eigenvalue weighted by Gasteiger charge is -2.27. The SMILES string of the molecule is CCC(C)C(NC(=O)C(CC(C)C)NC(=O)C(CC(N)=O)NC(=O)C(N)CCCCN)C(=O)O. The molecule has 0 fully saturated rings. The summed E-state index contributed by atoms with van der Waals surface area (Å²) in [5.41, 5.74) is 16.5. The number of aliphatic carboxylic acids is 1. The molecule has 4 amide bonds. The summed E-state index contributed by atoms with van der Waals surface area (Å²) in [4.78, 5) is 61.3. The zero-order chi connectivity index (χ0) is 26.4. The predicted octanol–water partition coefficient (Wildman–Crippen LogP) is -1.05. The zero-order valence-corrected chi connectivity index (χ0v) is 20.6. The predicted molar refractivity (Wildman–Crippen MR) is 127 cm³/mol. The number of primary amides is 1. The van der Waals surface area contributed by atoms with Gasteiger partial charge in [-0.05, 0) is 37.6 Å². The average molecular weight is 487 g/mol. The smallest absolute Gasteiger partial charge is 0.326 e. The van der Waals surface area contributed by atoms with Crippen LogP contribution in [0.2, 0.25) is 0 Å². The maximum atomic E-state index is 12.9. The number of rotatable bonds is 17. The molecule has 34 heavy (non-hydrogen) atoms. The van der Waals surface area contributed by atoms with Gasteiger partial charge in [-0.15, -0.1) is 0 Å². The van der Waals surface area contributed by atoms with Crippen LogP contribution in [-0.2, 0) is 24.0 Å². The van der Waals surface area contributed by atoms with Crippen molar-refractivity contribution in [1.29, 1.82) is 0 Å². The second kappa shape index (κ2) is 16.0. The van der Waals surface area contributed by atoms with E-state index in [1.807, 2.05) is 13.8 Å². The van der Waals surface area contributed by atoms with Crippen molar-refractivity contribution in [1.82, 2.24) is 16.0 Å². The molecule has 0 aliphatic rings. The number of carboxylic acids is 1. The standard InChI is InChI=1S/C22H42N6O6/c1-5-13(4)18(22(33)34)28-21(32)15(10-12(2)3)27-20(31)16(11-17(25)29)26-19(30)14(24)8-6-7-9-23/h12-16,18H,5-11,23-24H2,1-4H3,(H2,25,29)(H,26,30)(H,27,31)(H,28,32)(H,33,34). The molecule has 12 nitrogen and oxygen atoms in total. The number of hydrogen-bond donors (Lipinski definition) is 7. The monoisotopic (exact) mass is 486 g/mol. The fourth-order valence-corrected chi connectivity index (χ4v) is 3.24. The third-order valence-electron chi connectivity index (χ3n) is 5.46. The van der Waals surface area contributed by atoms with E-state index in [4.69, 9.17) is 17.2 Å². The quantitative estimate of drug-likeness (QED) is 0.125. The van der Waals surface area contributed by atoms with E-state index in [1.54, 1.807) is 13.8 Å². The van der Waals surface area contributed by atoms with Gasteiger partial charge in [-0.2, -0.15) is 0 Å². The van der Waals surface area contributed by atoms with Crippen molar-refractivity contribution in [3.05, 3.63) is 0 Å². The van der Waals surface area contributed by atoms with Crippen molar-refractivity contribution in [2.45, 2.75) is 90.4 Å². The second-order valence-corrected chi connectivity index (χ2v) is 9.02. The Morgan fingerprint density at radius 1 is 0.882 bits per heavy atom. The van der Waals surface area contributed by atoms with Gasteiger partial charge in [0.25, 0.3) is 0 Å². The second-order valence-electron chi connectivity index (χ2n) is 9.02. The van der Waals surface area contributed by atoms with E-state index in [2.05, 4.69) is 16.0 Å². The van der Waals surface area contributed by atoms with Gasteiger partial charge in [0.05, 0.1) is 12.5 Å². The highest BCUT2D eigenvalue weighted by molar-refractivity contribution is 5.96. The summed E-state index contributed by atoms with van der Waals surface area (Å²) in [6, 6.07) is -4.45. The average Bonchev–Trinajstić information content (AvgIpc) is 2.74. The van der Waals surface area contributed by atoms with Crippen LogP contribution in [0.1, 0.15) is 66.2 Å². The first kappa shape index (κ1) is 31.3. The molecule has 196 valence electrons. The third kappa shape index (κ3) is 11.9. The first-order chi connectivity index (χ1) is 15.8. The Morgan fingerprint density at radius 3 is 1.91 bits per heavy atom. The summed E-state index contributed by atoms with van der Waals surface area (Å²) in [6.45, 7) is 7.63. The Bertz CT molecular complexity index is 701. The van der Waals surface area contributed by atoms with E-state index < -0.39 is 60.2 Å². The van der Waals surface area contributed by atoms with E-state index >= 15 is 0 Å². The van der Waals surface area contributed by atoms with Gasteiger partial charge in [0.15, 0.2) is 0 Å². The number of nitrogens with two attached hydrogens (primary N) is 3. The molecule has 5 unspecified atom stereocenters. The third-order valence-corrected chi connectivity index (χ3v) is 5.46. The van der Waals surface area contributed by atoms with E-state index in [-0.39, 0.29) is 18.3 Å². The molecule has 10 N–H and O–H groups in total. The highest BCUT2D eigenvalue weighted by Crippen LogP contribution is 2.11. The first-order valence-electron chi connectivity index (χ1n) is 11.7. The highest BCUT2D eigenvalue weighted by atomic mass is 16.4. The Hall–Kier alpha value is -2.73. The molecule has 0 aromatic heterocycles. The Kier molecular flexibility index (Phi) is 14.7. The van der Waals surface area contributed by atoms with Gasteiger partial charge in [-0.3, -0.25) is 19.2 Å². The Labute approximate surface area is 201 Å². The number of unbranched alkanes of at least 4 members (excludes halogenated alkanes) is 1. The van der Waals surface area contributed by atoms with Gasteiger partial charge in [-0.1, -0.05) is 40.5 Å². The summed E-state index contributed by atoms with van der Waals surface area (Å²) in [6.07, 6.45) is 1.89. The highest BCUT2D eigenvalue weighted by Gasteiger charge is 2.32. The molecule has 0 rings (SSSR count). The molecular formula is C22H42N6O6. The molecule has 0 bridgehead atoms. The number of hydrogen-bond acceptors (Lipinski definition) is 7. The van der Waals surface area contributed by atoms with Crippen LogP contribution < -0.4 is 33.2 Å². The molecule has 0 heterocycles. The molecule has 0 saturated heterocycles. The van der Waals surface area contributed by atoms with E-state index in [1.165, 1.54) is 0 Å². The number of amides is 4. The van der Waals surface area contributed by atoms with Gasteiger partial charge >= 0.3 is 5.97 Å². The van der Waals surface area contributed by atoms with Crippen molar-refractivity contribution in [3.63, 3.8) is 0 Å². The van der Waals surface area contributed by atoms with Gasteiger partial charge in [0, 0.05) is 0 Å². The molecule has 0 aromatic carbocycles. The molecule has 5 atom stereocenters. The molecule has 0 saturated carbocycles. The van der Waals surface area contributed by atoms with E-state index in [0.29, 0.717) is 32.2 Å². The van der Waals surface area contributed by atoms with E-state index in [9.17, 15) is 29.1 Å². The van der Waals surface area contributed by atoms with Crippen LogP contribution in [0.4, 0.5) is 0 Å². The summed E-state index contributed by atoms with van der Waals surface area (Å²) < 4.78 is 0. The summed E-state index contributed by atoms with van der Waals surface area (Å²) in [5.74, 6) is -4.46. The Balaban J connectivity index is 5.49. The maximum absolute atomic E-state index is 12.9. The van der Waals surface area contributed by atoms with Crippen LogP contribution in [0.5, 0.6) is 0 Å². The fourth-order valence-electron chi connectivity index (χ4n) is 3.24. The van der Waals surface area contributed by atoms with Gasteiger partial charge in [-0.25, -0.2) is 4.79 Å². The molecule has 0 spiro atoms. The van der Waals surface area contributed by atoms with Crippen LogP contribution in [0.25, 0.3) is 0 Å². The van der Waals surface area contributed by atoms with Crippen molar-refractivity contribution >= 4 is 29.6 Å². The van der Waals surface area contributed by atoms with Gasteiger partial charge in [0.1, 0.15) is 18.1 Å². The minimum absolute atomic E-state index is 0.0249. The zero-order valence-electron chi connectivity index (χ0n) is 20.6. The van der Waals surface area contributed by atoms with Gasteiger partial charge in [0.2, 0.25) is 23.6 Å². The van der Waals surface area contributed by atoms with Gasteiger partial charge < -0.3 is 38.3 Å². The van der Waals surface area contributed by atoms with Crippen molar-refractivity contribution in [2.24, 2.45) is 29.0 Å². The van der Waals surface area contributed by atoms with Crippen LogP contribution in [0.3, 0.4) is 0 Å². The molecule has 12 heteroatoms. The lowest BCUT2D eigenvalue weighted by molar-refractivity contribution is -0.144. The van der Waals surface area contributed by atoms with Crippen molar-refractivity contribution in [2.75, 3.05) is 6.54 Å². The molecule has 0 aliphatic heterocycles. The van der Waals surface area contributed by atoms with Crippen LogP contribution in [-0.4, -0.2) is 65.4 Å². The molecular weight excluding hydrogens is 444 g/mol. The number of nitrogens with one attached hydrogen (secondary N) is 3. The first-order valence-corrected chi connectivity index (χ1v) is 11.7. The number of carbonyl (C=O) groups excluding carboxylic acids is 4. The van der Waals surface area contributed by atoms with Crippen LogP contribution in [0, 0.1) is 11.8 Å². The Morgan fingerprint density at radius 2 is 1.44 bits per heavy atom. The lowest BCUT2D eigenvalue weighted by Crippen LogP contribution is -2.58. The summed E-state index contributed by atoms with van der Waals surface area (Å²) in [5, 5.41) is 16.9. The molecule has 0 radical (unpaired) electrons. The van der Waals surface area contributed by atoms with Crippen molar-refractivity contribution in [3.8, 4) is 0 Å². The molecule has 0 aromatic rings. The minimum atomic E-state index is -1.34. The minimum Gasteiger partial charge on any atom is -0.480 e. The van der Waals surface area contributed by atoms with Crippen LogP contribution in [0.15, 0.2) is 0 Å². The molecule has 0 aliphatic carbocycles. The topological polar surface area (TPSA) is 220 Å². The lowest BCUT2D eigenvalue weighted by atomic mass is 9.97. The van der Waals surface area contributed by atoms with E-state index in [0.717, 1.165) is 0 Å². The fraction of sp³-hybridized carbons (Fsp3) is 0.773.